The summed E-state index contributed by atoms with van der Waals surface area (Å²) in [6.45, 7) is 3.73. The Hall–Kier alpha value is -1.69. The van der Waals surface area contributed by atoms with Crippen LogP contribution in [-0.2, 0) is 4.79 Å². The Morgan fingerprint density at radius 3 is 2.90 bits per heavy atom. The van der Waals surface area contributed by atoms with Gasteiger partial charge in [-0.25, -0.2) is 4.39 Å². The molecule has 0 bridgehead atoms. The number of benzene rings is 1. The predicted molar refractivity (Wildman–Crippen MR) is 79.0 cm³/mol. The number of nitrogens with one attached hydrogen (secondary N) is 1. The molecule has 1 N–H and O–H groups in total. The van der Waals surface area contributed by atoms with E-state index in [1.54, 1.807) is 29.2 Å². The minimum Gasteiger partial charge on any atom is -0.322 e. The van der Waals surface area contributed by atoms with Crippen LogP contribution < -0.4 is 5.32 Å². The molecule has 1 heterocycles. The van der Waals surface area contributed by atoms with Crippen LogP contribution in [0, 0.1) is 12.7 Å². The van der Waals surface area contributed by atoms with Crippen molar-refractivity contribution in [3.8, 4) is 0 Å². The molecule has 0 saturated carbocycles. The summed E-state index contributed by atoms with van der Waals surface area (Å²) in [6, 6.07) is 4.14. The van der Waals surface area contributed by atoms with Crippen LogP contribution in [0.4, 0.5) is 10.1 Å². The van der Waals surface area contributed by atoms with Gasteiger partial charge in [0.1, 0.15) is 11.9 Å². The van der Waals surface area contributed by atoms with Gasteiger partial charge in [0.2, 0.25) is 5.91 Å². The lowest BCUT2D eigenvalue weighted by Crippen LogP contribution is -2.26. The lowest BCUT2D eigenvalue weighted by atomic mass is 10.2. The van der Waals surface area contributed by atoms with Crippen LogP contribution in [0.2, 0.25) is 0 Å². The van der Waals surface area contributed by atoms with Crippen molar-refractivity contribution in [2.24, 2.45) is 0 Å². The first-order valence-electron chi connectivity index (χ1n) is 6.28. The third kappa shape index (κ3) is 3.25. The highest BCUT2D eigenvalue weighted by Crippen LogP contribution is 2.20. The number of aryl methyl sites for hydroxylation is 1. The van der Waals surface area contributed by atoms with Crippen LogP contribution in [0.5, 0.6) is 0 Å². The van der Waals surface area contributed by atoms with E-state index in [0.29, 0.717) is 6.42 Å². The number of carbonyl (C=O) groups is 1. The Kier molecular flexibility index (Phi) is 4.54. The van der Waals surface area contributed by atoms with Crippen LogP contribution in [0.15, 0.2) is 35.1 Å². The molecule has 1 amide bonds. The Bertz CT molecular complexity index is 627. The lowest BCUT2D eigenvalue weighted by molar-refractivity contribution is -0.119. The highest BCUT2D eigenvalue weighted by Gasteiger charge is 2.20. The first-order chi connectivity index (χ1) is 9.51. The van der Waals surface area contributed by atoms with Gasteiger partial charge in [-0.3, -0.25) is 9.48 Å². The molecule has 1 unspecified atom stereocenters. The number of aromatic nitrogens is 2. The molecule has 4 nitrogen and oxygen atoms in total. The van der Waals surface area contributed by atoms with Crippen molar-refractivity contribution >= 4 is 27.5 Å². The van der Waals surface area contributed by atoms with E-state index < -0.39 is 11.9 Å². The maximum Gasteiger partial charge on any atom is 0.249 e. The van der Waals surface area contributed by atoms with Crippen molar-refractivity contribution in [3.05, 3.63) is 46.4 Å². The van der Waals surface area contributed by atoms with Crippen molar-refractivity contribution < 1.29 is 9.18 Å². The molecule has 0 spiro atoms. The predicted octanol–water partition coefficient (Wildman–Crippen LogP) is 3.68. The quantitative estimate of drug-likeness (QED) is 0.923. The summed E-state index contributed by atoms with van der Waals surface area (Å²) in [4.78, 5) is 12.3. The van der Waals surface area contributed by atoms with Crippen molar-refractivity contribution in [1.82, 2.24) is 9.78 Å². The fourth-order valence-electron chi connectivity index (χ4n) is 1.93. The molecule has 0 aliphatic heterocycles. The first-order valence-corrected chi connectivity index (χ1v) is 7.07. The van der Waals surface area contributed by atoms with Gasteiger partial charge < -0.3 is 5.32 Å². The van der Waals surface area contributed by atoms with E-state index in [9.17, 15) is 9.18 Å². The van der Waals surface area contributed by atoms with Crippen LogP contribution in [0.1, 0.15) is 24.9 Å². The van der Waals surface area contributed by atoms with Crippen LogP contribution in [-0.4, -0.2) is 15.7 Å². The fraction of sp³-hybridized carbons (Fsp3) is 0.286. The zero-order valence-corrected chi connectivity index (χ0v) is 12.8. The Morgan fingerprint density at radius 1 is 1.55 bits per heavy atom. The molecule has 2 aromatic rings. The summed E-state index contributed by atoms with van der Waals surface area (Å²) in [5, 5.41) is 6.72. The minimum atomic E-state index is -0.471. The van der Waals surface area contributed by atoms with Crippen LogP contribution >= 0.6 is 15.9 Å². The number of hydrogen-bond donors (Lipinski definition) is 1. The molecule has 1 aromatic carbocycles. The fourth-order valence-corrected chi connectivity index (χ4v) is 2.23. The third-order valence-electron chi connectivity index (χ3n) is 2.96. The molecular weight excluding hydrogens is 325 g/mol. The molecule has 0 fully saturated rings. The van der Waals surface area contributed by atoms with Gasteiger partial charge in [0.05, 0.1) is 16.4 Å². The zero-order valence-electron chi connectivity index (χ0n) is 11.2. The number of halogens is 2. The van der Waals surface area contributed by atoms with E-state index in [2.05, 4.69) is 26.3 Å². The SMILES string of the molecule is CCC(C(=O)Nc1cc(C)ccc1F)n1cc(Br)cn1. The molecule has 0 radical (unpaired) electrons. The second kappa shape index (κ2) is 6.17. The topological polar surface area (TPSA) is 46.9 Å². The second-order valence-corrected chi connectivity index (χ2v) is 5.45. The van der Waals surface area contributed by atoms with E-state index in [0.717, 1.165) is 10.0 Å². The molecule has 106 valence electrons. The van der Waals surface area contributed by atoms with E-state index in [4.69, 9.17) is 0 Å². The van der Waals surface area contributed by atoms with Gasteiger partial charge in [-0.05, 0) is 47.0 Å². The largest absolute Gasteiger partial charge is 0.322 e. The van der Waals surface area contributed by atoms with E-state index in [-0.39, 0.29) is 11.6 Å². The van der Waals surface area contributed by atoms with Gasteiger partial charge in [0, 0.05) is 6.20 Å². The van der Waals surface area contributed by atoms with E-state index in [1.165, 1.54) is 6.07 Å². The van der Waals surface area contributed by atoms with Crippen LogP contribution in [0.25, 0.3) is 0 Å². The molecule has 6 heteroatoms. The summed E-state index contributed by atoms with van der Waals surface area (Å²) < 4.78 is 16.0. The average molecular weight is 340 g/mol. The van der Waals surface area contributed by atoms with Crippen molar-refractivity contribution in [3.63, 3.8) is 0 Å². The summed E-state index contributed by atoms with van der Waals surface area (Å²) in [5.74, 6) is -0.729. The standard InChI is InChI=1S/C14H15BrFN3O/c1-3-13(19-8-10(15)7-17-19)14(20)18-12-6-9(2)4-5-11(12)16/h4-8,13H,3H2,1-2H3,(H,18,20). The van der Waals surface area contributed by atoms with Crippen molar-refractivity contribution in [2.75, 3.05) is 5.32 Å². The van der Waals surface area contributed by atoms with Gasteiger partial charge in [-0.2, -0.15) is 5.10 Å². The summed E-state index contributed by atoms with van der Waals surface area (Å²) in [7, 11) is 0. The molecule has 20 heavy (non-hydrogen) atoms. The van der Waals surface area contributed by atoms with Gasteiger partial charge in [-0.15, -0.1) is 0 Å². The molecular formula is C14H15BrFN3O. The maximum atomic E-state index is 13.7. The van der Waals surface area contributed by atoms with Crippen molar-refractivity contribution in [1.29, 1.82) is 0 Å². The normalized spacial score (nSPS) is 12.2. The van der Waals surface area contributed by atoms with E-state index in [1.807, 2.05) is 13.8 Å². The first kappa shape index (κ1) is 14.7. The second-order valence-electron chi connectivity index (χ2n) is 4.54. The monoisotopic (exact) mass is 339 g/mol. The minimum absolute atomic E-state index is 0.194. The number of amides is 1. The van der Waals surface area contributed by atoms with Gasteiger partial charge in [0.25, 0.3) is 0 Å². The van der Waals surface area contributed by atoms with Crippen LogP contribution in [0.3, 0.4) is 0 Å². The Labute approximate surface area is 125 Å². The van der Waals surface area contributed by atoms with Gasteiger partial charge in [-0.1, -0.05) is 13.0 Å². The number of nitrogens with zero attached hydrogens (tertiary/aromatic N) is 2. The molecule has 1 aromatic heterocycles. The lowest BCUT2D eigenvalue weighted by Gasteiger charge is -2.16. The van der Waals surface area contributed by atoms with Gasteiger partial charge >= 0.3 is 0 Å². The highest BCUT2D eigenvalue weighted by atomic mass is 79.9. The summed E-state index contributed by atoms with van der Waals surface area (Å²) >= 11 is 3.29. The highest BCUT2D eigenvalue weighted by molar-refractivity contribution is 9.10. The average Bonchev–Trinajstić information content (AvgIpc) is 2.81. The number of carbonyl (C=O) groups excluding carboxylic acids is 1. The molecule has 0 aliphatic rings. The molecule has 2 rings (SSSR count). The summed E-state index contributed by atoms with van der Waals surface area (Å²) in [6.07, 6.45) is 3.90. The van der Waals surface area contributed by atoms with E-state index >= 15 is 0 Å². The number of hydrogen-bond acceptors (Lipinski definition) is 2. The third-order valence-corrected chi connectivity index (χ3v) is 3.37. The zero-order chi connectivity index (χ0) is 14.7. The van der Waals surface area contributed by atoms with Gasteiger partial charge in [0.15, 0.2) is 0 Å². The molecule has 0 aliphatic carbocycles. The van der Waals surface area contributed by atoms with Crippen molar-refractivity contribution in [2.45, 2.75) is 26.3 Å². The number of rotatable bonds is 4. The molecule has 1 atom stereocenters. The summed E-state index contributed by atoms with van der Waals surface area (Å²) in [5.41, 5.74) is 1.08. The smallest absolute Gasteiger partial charge is 0.249 e. The molecule has 0 saturated heterocycles. The number of anilines is 1. The Balaban J connectivity index is 2.19. The Morgan fingerprint density at radius 2 is 2.30 bits per heavy atom. The maximum absolute atomic E-state index is 13.7.